The Morgan fingerprint density at radius 3 is 2.23 bits per heavy atom. The van der Waals surface area contributed by atoms with Gasteiger partial charge < -0.3 is 9.64 Å². The number of hydrogen-bond acceptors (Lipinski definition) is 4. The number of carbonyl (C=O) groups excluding carboxylic acids is 2. The van der Waals surface area contributed by atoms with E-state index in [4.69, 9.17) is 4.74 Å². The number of ketones is 1. The Morgan fingerprint density at radius 1 is 0.923 bits per heavy atom. The van der Waals surface area contributed by atoms with E-state index in [0.717, 1.165) is 11.1 Å². The predicted octanol–water partition coefficient (Wildman–Crippen LogP) is 2.40. The van der Waals surface area contributed by atoms with Crippen molar-refractivity contribution in [2.75, 3.05) is 39.3 Å². The Morgan fingerprint density at radius 2 is 1.58 bits per heavy atom. The minimum absolute atomic E-state index is 0.0154. The fourth-order valence-corrected chi connectivity index (χ4v) is 2.94. The molecule has 0 atom stereocenters. The van der Waals surface area contributed by atoms with Crippen LogP contribution >= 0.6 is 0 Å². The van der Waals surface area contributed by atoms with Gasteiger partial charge in [0, 0.05) is 31.7 Å². The zero-order valence-electron chi connectivity index (χ0n) is 15.1. The van der Waals surface area contributed by atoms with Gasteiger partial charge in [-0.25, -0.2) is 0 Å². The fraction of sp³-hybridized carbons (Fsp3) is 0.333. The van der Waals surface area contributed by atoms with Crippen LogP contribution in [0, 0.1) is 6.92 Å². The zero-order chi connectivity index (χ0) is 18.4. The highest BCUT2D eigenvalue weighted by Crippen LogP contribution is 2.10. The highest BCUT2D eigenvalue weighted by molar-refractivity contribution is 5.97. The Kier molecular flexibility index (Phi) is 6.02. The second-order valence-electron chi connectivity index (χ2n) is 6.55. The van der Waals surface area contributed by atoms with Crippen LogP contribution in [0.1, 0.15) is 15.9 Å². The lowest BCUT2D eigenvalue weighted by atomic mass is 10.1. The van der Waals surface area contributed by atoms with Crippen molar-refractivity contribution in [3.63, 3.8) is 0 Å². The van der Waals surface area contributed by atoms with Gasteiger partial charge >= 0.3 is 0 Å². The summed E-state index contributed by atoms with van der Waals surface area (Å²) in [6.07, 6.45) is 0. The molecule has 3 rings (SSSR count). The average molecular weight is 352 g/mol. The van der Waals surface area contributed by atoms with Crippen LogP contribution in [-0.4, -0.2) is 60.8 Å². The summed E-state index contributed by atoms with van der Waals surface area (Å²) < 4.78 is 5.52. The van der Waals surface area contributed by atoms with Crippen LogP contribution in [0.2, 0.25) is 0 Å². The molecule has 0 aromatic heterocycles. The molecule has 2 aromatic rings. The minimum Gasteiger partial charge on any atom is -0.484 e. The SMILES string of the molecule is Cc1ccc(C(=O)CN2CCN(C(=O)COc3ccccc3)CC2)cc1. The number of Topliss-reactive ketones (excluding diaryl/α,β-unsaturated/α-hetero) is 1. The molecule has 0 bridgehead atoms. The average Bonchev–Trinajstić information content (AvgIpc) is 2.68. The molecule has 1 saturated heterocycles. The van der Waals surface area contributed by atoms with E-state index in [1.165, 1.54) is 0 Å². The lowest BCUT2D eigenvalue weighted by Gasteiger charge is -2.34. The smallest absolute Gasteiger partial charge is 0.260 e. The molecule has 1 aliphatic heterocycles. The van der Waals surface area contributed by atoms with E-state index in [0.29, 0.717) is 38.5 Å². The largest absolute Gasteiger partial charge is 0.484 e. The Balaban J connectivity index is 1.42. The van der Waals surface area contributed by atoms with E-state index in [1.807, 2.05) is 61.5 Å². The van der Waals surface area contributed by atoms with Crippen molar-refractivity contribution in [2.24, 2.45) is 0 Å². The maximum atomic E-state index is 12.4. The molecule has 1 amide bonds. The Bertz CT molecular complexity index is 736. The first-order chi connectivity index (χ1) is 12.6. The van der Waals surface area contributed by atoms with Crippen molar-refractivity contribution in [1.82, 2.24) is 9.80 Å². The molecular formula is C21H24N2O3. The summed E-state index contributed by atoms with van der Waals surface area (Å²) in [5.74, 6) is 0.804. The van der Waals surface area contributed by atoms with E-state index >= 15 is 0 Å². The van der Waals surface area contributed by atoms with E-state index in [9.17, 15) is 9.59 Å². The first-order valence-electron chi connectivity index (χ1n) is 8.89. The van der Waals surface area contributed by atoms with Crippen LogP contribution in [0.25, 0.3) is 0 Å². The summed E-state index contributed by atoms with van der Waals surface area (Å²) in [5.41, 5.74) is 1.89. The third kappa shape index (κ3) is 4.92. The van der Waals surface area contributed by atoms with E-state index in [2.05, 4.69) is 4.90 Å². The molecule has 0 spiro atoms. The molecule has 0 aliphatic carbocycles. The van der Waals surface area contributed by atoms with Gasteiger partial charge in [0.2, 0.25) is 0 Å². The maximum absolute atomic E-state index is 12.4. The summed E-state index contributed by atoms with van der Waals surface area (Å²) in [4.78, 5) is 28.5. The lowest BCUT2D eigenvalue weighted by molar-refractivity contribution is -0.135. The molecule has 5 nitrogen and oxygen atoms in total. The molecular weight excluding hydrogens is 328 g/mol. The zero-order valence-corrected chi connectivity index (χ0v) is 15.1. The highest BCUT2D eigenvalue weighted by atomic mass is 16.5. The number of piperazine rings is 1. The van der Waals surface area contributed by atoms with Crippen molar-refractivity contribution in [3.8, 4) is 5.75 Å². The topological polar surface area (TPSA) is 49.9 Å². The quantitative estimate of drug-likeness (QED) is 0.749. The molecule has 0 saturated carbocycles. The van der Waals surface area contributed by atoms with Gasteiger partial charge in [0.1, 0.15) is 5.75 Å². The fourth-order valence-electron chi connectivity index (χ4n) is 2.94. The minimum atomic E-state index is -0.0154. The number of aryl methyl sites for hydroxylation is 1. The Labute approximate surface area is 154 Å². The van der Waals surface area contributed by atoms with E-state index in [1.54, 1.807) is 4.90 Å². The number of amides is 1. The van der Waals surface area contributed by atoms with Gasteiger partial charge in [-0.1, -0.05) is 48.0 Å². The number of nitrogens with zero attached hydrogens (tertiary/aromatic N) is 2. The number of ether oxygens (including phenoxy) is 1. The predicted molar refractivity (Wildman–Crippen MR) is 100 cm³/mol. The third-order valence-electron chi connectivity index (χ3n) is 4.57. The molecule has 1 heterocycles. The van der Waals surface area contributed by atoms with Gasteiger partial charge in [0.15, 0.2) is 12.4 Å². The monoisotopic (exact) mass is 352 g/mol. The molecule has 0 radical (unpaired) electrons. The molecule has 26 heavy (non-hydrogen) atoms. The first kappa shape index (κ1) is 18.1. The maximum Gasteiger partial charge on any atom is 0.260 e. The number of benzene rings is 2. The number of hydrogen-bond donors (Lipinski definition) is 0. The molecule has 1 fully saturated rings. The summed E-state index contributed by atoms with van der Waals surface area (Å²) in [5, 5.41) is 0. The van der Waals surface area contributed by atoms with Crippen molar-refractivity contribution < 1.29 is 14.3 Å². The van der Waals surface area contributed by atoms with E-state index < -0.39 is 0 Å². The van der Waals surface area contributed by atoms with Crippen LogP contribution in [0.15, 0.2) is 54.6 Å². The highest BCUT2D eigenvalue weighted by Gasteiger charge is 2.23. The second-order valence-corrected chi connectivity index (χ2v) is 6.55. The number of rotatable bonds is 6. The standard InChI is InChI=1S/C21H24N2O3/c1-17-7-9-18(10-8-17)20(24)15-22-11-13-23(14-12-22)21(25)16-26-19-5-3-2-4-6-19/h2-10H,11-16H2,1H3. The summed E-state index contributed by atoms with van der Waals surface area (Å²) >= 11 is 0. The summed E-state index contributed by atoms with van der Waals surface area (Å²) in [6, 6.07) is 17.0. The molecule has 0 unspecified atom stereocenters. The number of carbonyl (C=O) groups is 2. The summed E-state index contributed by atoms with van der Waals surface area (Å²) in [6.45, 7) is 5.10. The van der Waals surface area contributed by atoms with Crippen LogP contribution in [-0.2, 0) is 4.79 Å². The van der Waals surface area contributed by atoms with Crippen LogP contribution < -0.4 is 4.74 Å². The molecule has 0 N–H and O–H groups in total. The summed E-state index contributed by atoms with van der Waals surface area (Å²) in [7, 11) is 0. The Hall–Kier alpha value is -2.66. The van der Waals surface area contributed by atoms with Gasteiger partial charge in [0.05, 0.1) is 6.54 Å². The third-order valence-corrected chi connectivity index (χ3v) is 4.57. The van der Waals surface area contributed by atoms with Gasteiger partial charge in [-0.05, 0) is 19.1 Å². The normalized spacial score (nSPS) is 14.9. The first-order valence-corrected chi connectivity index (χ1v) is 8.89. The van der Waals surface area contributed by atoms with Crippen molar-refractivity contribution in [3.05, 3.63) is 65.7 Å². The van der Waals surface area contributed by atoms with Crippen LogP contribution in [0.5, 0.6) is 5.75 Å². The van der Waals surface area contributed by atoms with Crippen LogP contribution in [0.4, 0.5) is 0 Å². The van der Waals surface area contributed by atoms with E-state index in [-0.39, 0.29) is 18.3 Å². The molecule has 2 aromatic carbocycles. The second kappa shape index (κ2) is 8.63. The van der Waals surface area contributed by atoms with Gasteiger partial charge in [-0.2, -0.15) is 0 Å². The molecule has 5 heteroatoms. The number of para-hydroxylation sites is 1. The van der Waals surface area contributed by atoms with Crippen molar-refractivity contribution in [1.29, 1.82) is 0 Å². The van der Waals surface area contributed by atoms with Gasteiger partial charge in [-0.3, -0.25) is 14.5 Å². The van der Waals surface area contributed by atoms with Crippen molar-refractivity contribution >= 4 is 11.7 Å². The van der Waals surface area contributed by atoms with Crippen molar-refractivity contribution in [2.45, 2.75) is 6.92 Å². The molecule has 1 aliphatic rings. The lowest BCUT2D eigenvalue weighted by Crippen LogP contribution is -2.51. The van der Waals surface area contributed by atoms with Gasteiger partial charge in [-0.15, -0.1) is 0 Å². The molecule has 136 valence electrons. The van der Waals surface area contributed by atoms with Crippen LogP contribution in [0.3, 0.4) is 0 Å². The van der Waals surface area contributed by atoms with Gasteiger partial charge in [0.25, 0.3) is 5.91 Å².